The molecule has 2 N–H and O–H groups in total. The number of nitrogen functional groups attached to an aromatic ring is 1. The Bertz CT molecular complexity index is 647. The number of carbonyl (C=O) groups excluding carboxylic acids is 2. The Morgan fingerprint density at radius 1 is 1.26 bits per heavy atom. The van der Waals surface area contributed by atoms with Crippen LogP contribution in [0.15, 0.2) is 41.0 Å². The van der Waals surface area contributed by atoms with Gasteiger partial charge in [0.1, 0.15) is 5.76 Å². The van der Waals surface area contributed by atoms with Crippen LogP contribution in [0.2, 0.25) is 0 Å². The minimum atomic E-state index is -0.324. The second-order valence-electron chi connectivity index (χ2n) is 4.46. The molecular formula is C14H12N2O3. The number of anilines is 1. The molecule has 3 rings (SSSR count). The molecule has 19 heavy (non-hydrogen) atoms. The van der Waals surface area contributed by atoms with Crippen molar-refractivity contribution in [3.63, 3.8) is 0 Å². The lowest BCUT2D eigenvalue weighted by Gasteiger charge is -2.26. The van der Waals surface area contributed by atoms with Gasteiger partial charge in [-0.1, -0.05) is 6.07 Å². The summed E-state index contributed by atoms with van der Waals surface area (Å²) in [5.41, 5.74) is 7.41. The number of benzene rings is 1. The maximum Gasteiger partial charge on any atom is 0.261 e. The highest BCUT2D eigenvalue weighted by Gasteiger charge is 2.31. The molecule has 0 spiro atoms. The van der Waals surface area contributed by atoms with E-state index in [-0.39, 0.29) is 24.8 Å². The fourth-order valence-electron chi connectivity index (χ4n) is 2.18. The highest BCUT2D eigenvalue weighted by molar-refractivity contribution is 6.10. The average Bonchev–Trinajstić information content (AvgIpc) is 2.89. The molecule has 0 atom stereocenters. The van der Waals surface area contributed by atoms with Gasteiger partial charge in [0.25, 0.3) is 5.91 Å². The number of hydrogen-bond donors (Lipinski definition) is 1. The number of rotatable bonds is 2. The number of hydrogen-bond acceptors (Lipinski definition) is 4. The first-order chi connectivity index (χ1) is 9.15. The SMILES string of the molecule is Nc1ccc2c(c1)C(=O)N(Cc1ccco1)C(=O)C2. The third kappa shape index (κ3) is 1.99. The number of nitrogens with two attached hydrogens (primary N) is 1. The molecule has 0 saturated carbocycles. The molecule has 5 nitrogen and oxygen atoms in total. The number of furan rings is 1. The fraction of sp³-hybridized carbons (Fsp3) is 0.143. The lowest BCUT2D eigenvalue weighted by atomic mass is 9.97. The predicted octanol–water partition coefficient (Wildman–Crippen LogP) is 1.59. The molecule has 1 aliphatic heterocycles. The van der Waals surface area contributed by atoms with Gasteiger partial charge in [-0.15, -0.1) is 0 Å². The van der Waals surface area contributed by atoms with Gasteiger partial charge in [0.15, 0.2) is 0 Å². The van der Waals surface area contributed by atoms with Gasteiger partial charge in [-0.05, 0) is 29.8 Å². The fourth-order valence-corrected chi connectivity index (χ4v) is 2.18. The molecule has 2 aromatic rings. The number of imide groups is 1. The summed E-state index contributed by atoms with van der Waals surface area (Å²) in [5, 5.41) is 0. The van der Waals surface area contributed by atoms with Gasteiger partial charge in [-0.2, -0.15) is 0 Å². The van der Waals surface area contributed by atoms with Crippen LogP contribution in [-0.2, 0) is 17.8 Å². The minimum Gasteiger partial charge on any atom is -0.467 e. The van der Waals surface area contributed by atoms with Crippen molar-refractivity contribution in [2.45, 2.75) is 13.0 Å². The lowest BCUT2D eigenvalue weighted by molar-refractivity contribution is -0.129. The summed E-state index contributed by atoms with van der Waals surface area (Å²) in [5.74, 6) is 0.0303. The van der Waals surface area contributed by atoms with Gasteiger partial charge in [0.2, 0.25) is 5.91 Å². The van der Waals surface area contributed by atoms with Gasteiger partial charge < -0.3 is 10.2 Å². The van der Waals surface area contributed by atoms with Crippen molar-refractivity contribution in [1.29, 1.82) is 0 Å². The van der Waals surface area contributed by atoms with Gasteiger partial charge in [-0.3, -0.25) is 14.5 Å². The highest BCUT2D eigenvalue weighted by Crippen LogP contribution is 2.23. The highest BCUT2D eigenvalue weighted by atomic mass is 16.3. The summed E-state index contributed by atoms with van der Waals surface area (Å²) in [6.45, 7) is 0.152. The maximum absolute atomic E-state index is 12.3. The third-order valence-corrected chi connectivity index (χ3v) is 3.15. The van der Waals surface area contributed by atoms with E-state index in [1.807, 2.05) is 0 Å². The molecule has 0 unspecified atom stereocenters. The first-order valence-corrected chi connectivity index (χ1v) is 5.90. The van der Waals surface area contributed by atoms with Crippen molar-refractivity contribution in [1.82, 2.24) is 4.90 Å². The molecule has 2 amide bonds. The van der Waals surface area contributed by atoms with Crippen LogP contribution >= 0.6 is 0 Å². The monoisotopic (exact) mass is 256 g/mol. The molecule has 1 aromatic heterocycles. The van der Waals surface area contributed by atoms with E-state index in [0.29, 0.717) is 17.0 Å². The molecule has 0 saturated heterocycles. The topological polar surface area (TPSA) is 76.5 Å². The van der Waals surface area contributed by atoms with Crippen molar-refractivity contribution < 1.29 is 14.0 Å². The summed E-state index contributed by atoms with van der Waals surface area (Å²) in [6.07, 6.45) is 1.72. The minimum absolute atomic E-state index is 0.152. The summed E-state index contributed by atoms with van der Waals surface area (Å²) in [6, 6.07) is 8.49. The van der Waals surface area contributed by atoms with Crippen LogP contribution in [-0.4, -0.2) is 16.7 Å². The Kier molecular flexibility index (Phi) is 2.59. The Labute approximate surface area is 109 Å². The van der Waals surface area contributed by atoms with Crippen LogP contribution in [0.25, 0.3) is 0 Å². The van der Waals surface area contributed by atoms with E-state index in [9.17, 15) is 9.59 Å². The summed E-state index contributed by atoms with van der Waals surface area (Å²) >= 11 is 0. The smallest absolute Gasteiger partial charge is 0.261 e. The Morgan fingerprint density at radius 2 is 2.11 bits per heavy atom. The second kappa shape index (κ2) is 4.28. The van der Waals surface area contributed by atoms with Crippen LogP contribution in [0.3, 0.4) is 0 Å². The number of nitrogens with zero attached hydrogens (tertiary/aromatic N) is 1. The van der Waals surface area contributed by atoms with E-state index in [0.717, 1.165) is 5.56 Å². The first kappa shape index (κ1) is 11.5. The zero-order valence-electron chi connectivity index (χ0n) is 10.1. The van der Waals surface area contributed by atoms with Gasteiger partial charge in [0, 0.05) is 11.3 Å². The maximum atomic E-state index is 12.3. The van der Waals surface area contributed by atoms with Gasteiger partial charge in [0.05, 0.1) is 19.2 Å². The van der Waals surface area contributed by atoms with Gasteiger partial charge >= 0.3 is 0 Å². The van der Waals surface area contributed by atoms with E-state index in [1.165, 1.54) is 11.2 Å². The van der Waals surface area contributed by atoms with E-state index >= 15 is 0 Å². The van der Waals surface area contributed by atoms with E-state index in [2.05, 4.69) is 0 Å². The van der Waals surface area contributed by atoms with Crippen LogP contribution in [0.5, 0.6) is 0 Å². The van der Waals surface area contributed by atoms with E-state index < -0.39 is 0 Å². The molecule has 1 aliphatic rings. The number of carbonyl (C=O) groups is 2. The zero-order valence-corrected chi connectivity index (χ0v) is 10.1. The van der Waals surface area contributed by atoms with Crippen molar-refractivity contribution in [3.05, 3.63) is 53.5 Å². The van der Waals surface area contributed by atoms with E-state index in [1.54, 1.807) is 30.3 Å². The zero-order chi connectivity index (χ0) is 13.4. The molecule has 0 radical (unpaired) electrons. The summed E-state index contributed by atoms with van der Waals surface area (Å²) in [7, 11) is 0. The average molecular weight is 256 g/mol. The first-order valence-electron chi connectivity index (χ1n) is 5.90. The number of fused-ring (bicyclic) bond motifs is 1. The molecule has 1 aromatic carbocycles. The molecule has 0 bridgehead atoms. The molecular weight excluding hydrogens is 244 g/mol. The van der Waals surface area contributed by atoms with Crippen molar-refractivity contribution in [2.75, 3.05) is 5.73 Å². The Morgan fingerprint density at radius 3 is 2.84 bits per heavy atom. The van der Waals surface area contributed by atoms with Crippen LogP contribution in [0.1, 0.15) is 21.7 Å². The molecule has 0 fully saturated rings. The van der Waals surface area contributed by atoms with Gasteiger partial charge in [-0.25, -0.2) is 0 Å². The largest absolute Gasteiger partial charge is 0.467 e. The standard InChI is InChI=1S/C14H12N2O3/c15-10-4-3-9-6-13(17)16(14(18)12(9)7-10)8-11-2-1-5-19-11/h1-5,7H,6,8,15H2. The van der Waals surface area contributed by atoms with Crippen LogP contribution < -0.4 is 5.73 Å². The third-order valence-electron chi connectivity index (χ3n) is 3.15. The molecule has 0 aliphatic carbocycles. The lowest BCUT2D eigenvalue weighted by Crippen LogP contribution is -2.41. The Hall–Kier alpha value is -2.56. The van der Waals surface area contributed by atoms with Crippen LogP contribution in [0, 0.1) is 0 Å². The van der Waals surface area contributed by atoms with Crippen molar-refractivity contribution in [2.24, 2.45) is 0 Å². The summed E-state index contributed by atoms with van der Waals surface area (Å²) in [4.78, 5) is 25.5. The molecule has 2 heterocycles. The van der Waals surface area contributed by atoms with E-state index in [4.69, 9.17) is 10.2 Å². The quantitative estimate of drug-likeness (QED) is 0.653. The Balaban J connectivity index is 1.95. The number of amides is 2. The van der Waals surface area contributed by atoms with Crippen molar-refractivity contribution in [3.8, 4) is 0 Å². The predicted molar refractivity (Wildman–Crippen MR) is 68.1 cm³/mol. The van der Waals surface area contributed by atoms with Crippen LogP contribution in [0.4, 0.5) is 5.69 Å². The molecule has 5 heteroatoms. The summed E-state index contributed by atoms with van der Waals surface area (Å²) < 4.78 is 5.17. The van der Waals surface area contributed by atoms with Crippen molar-refractivity contribution >= 4 is 17.5 Å². The normalized spacial score (nSPS) is 14.6. The molecule has 96 valence electrons. The second-order valence-corrected chi connectivity index (χ2v) is 4.46.